The molecule has 0 aliphatic carbocycles. The molecule has 0 heterocycles. The number of hydrogen-bond acceptors (Lipinski definition) is 2. The number of amides is 2. The first kappa shape index (κ1) is 16.2. The standard InChI is InChI=1S/C12H14F3N3OS/c1-18(11(19)17-7-12(13,14)15)6-8-3-2-4-9(5-8)10(16)20/h2-5H,6-7H2,1H3,(H2,16,20)(H,17,19). The molecule has 0 fully saturated rings. The van der Waals surface area contributed by atoms with Gasteiger partial charge in [-0.2, -0.15) is 13.2 Å². The number of nitrogens with two attached hydrogens (primary N) is 1. The number of nitrogens with zero attached hydrogens (tertiary/aromatic N) is 1. The fraction of sp³-hybridized carbons (Fsp3) is 0.333. The molecule has 1 rings (SSSR count). The van der Waals surface area contributed by atoms with Crippen molar-refractivity contribution in [2.75, 3.05) is 13.6 Å². The first-order valence-corrected chi connectivity index (χ1v) is 6.04. The van der Waals surface area contributed by atoms with E-state index in [0.29, 0.717) is 5.56 Å². The molecule has 0 spiro atoms. The van der Waals surface area contributed by atoms with E-state index in [-0.39, 0.29) is 11.5 Å². The molecule has 1 aromatic carbocycles. The number of nitrogens with one attached hydrogen (secondary N) is 1. The lowest BCUT2D eigenvalue weighted by molar-refractivity contribution is -0.123. The van der Waals surface area contributed by atoms with Gasteiger partial charge in [0, 0.05) is 19.2 Å². The summed E-state index contributed by atoms with van der Waals surface area (Å²) in [6.07, 6.45) is -4.43. The number of carbonyl (C=O) groups is 1. The van der Waals surface area contributed by atoms with Gasteiger partial charge in [-0.3, -0.25) is 0 Å². The summed E-state index contributed by atoms with van der Waals surface area (Å²) in [5, 5.41) is 1.79. The summed E-state index contributed by atoms with van der Waals surface area (Å²) in [5.41, 5.74) is 6.84. The topological polar surface area (TPSA) is 58.4 Å². The van der Waals surface area contributed by atoms with Crippen LogP contribution in [0.25, 0.3) is 0 Å². The molecule has 110 valence electrons. The molecule has 8 heteroatoms. The second kappa shape index (κ2) is 6.56. The van der Waals surface area contributed by atoms with Crippen molar-refractivity contribution in [2.45, 2.75) is 12.7 Å². The quantitative estimate of drug-likeness (QED) is 0.837. The summed E-state index contributed by atoms with van der Waals surface area (Å²) in [4.78, 5) is 12.8. The average molecular weight is 305 g/mol. The van der Waals surface area contributed by atoms with Gasteiger partial charge in [-0.05, 0) is 11.6 Å². The van der Waals surface area contributed by atoms with Gasteiger partial charge in [0.05, 0.1) is 0 Å². The molecule has 1 aromatic rings. The van der Waals surface area contributed by atoms with Gasteiger partial charge in [0.2, 0.25) is 0 Å². The third-order valence-electron chi connectivity index (χ3n) is 2.42. The van der Waals surface area contributed by atoms with Gasteiger partial charge in [-0.15, -0.1) is 0 Å². The second-order valence-corrected chi connectivity index (χ2v) is 4.63. The molecule has 0 saturated heterocycles. The van der Waals surface area contributed by atoms with Crippen molar-refractivity contribution in [3.63, 3.8) is 0 Å². The van der Waals surface area contributed by atoms with E-state index in [0.717, 1.165) is 10.5 Å². The normalized spacial score (nSPS) is 11.0. The van der Waals surface area contributed by atoms with Crippen LogP contribution in [-0.4, -0.2) is 35.7 Å². The molecule has 0 bridgehead atoms. The SMILES string of the molecule is CN(Cc1cccc(C(N)=S)c1)C(=O)NCC(F)(F)F. The third kappa shape index (κ3) is 5.43. The molecule has 0 unspecified atom stereocenters. The lowest BCUT2D eigenvalue weighted by atomic mass is 10.1. The summed E-state index contributed by atoms with van der Waals surface area (Å²) < 4.78 is 36.0. The molecule has 0 radical (unpaired) electrons. The van der Waals surface area contributed by atoms with E-state index in [1.165, 1.54) is 7.05 Å². The minimum Gasteiger partial charge on any atom is -0.389 e. The van der Waals surface area contributed by atoms with Gasteiger partial charge in [-0.25, -0.2) is 4.79 Å². The van der Waals surface area contributed by atoms with E-state index in [1.807, 2.05) is 0 Å². The van der Waals surface area contributed by atoms with Crippen LogP contribution in [0, 0.1) is 0 Å². The van der Waals surface area contributed by atoms with Crippen molar-refractivity contribution >= 4 is 23.2 Å². The third-order valence-corrected chi connectivity index (χ3v) is 2.65. The highest BCUT2D eigenvalue weighted by Gasteiger charge is 2.28. The minimum absolute atomic E-state index is 0.153. The highest BCUT2D eigenvalue weighted by Crippen LogP contribution is 2.13. The zero-order chi connectivity index (χ0) is 15.3. The van der Waals surface area contributed by atoms with Crippen LogP contribution >= 0.6 is 12.2 Å². The summed E-state index contributed by atoms with van der Waals surface area (Å²) in [6, 6.07) is 6.05. The summed E-state index contributed by atoms with van der Waals surface area (Å²) in [5.74, 6) is 0. The monoisotopic (exact) mass is 305 g/mol. The maximum Gasteiger partial charge on any atom is 0.405 e. The Hall–Kier alpha value is -1.83. The lowest BCUT2D eigenvalue weighted by Gasteiger charge is -2.19. The summed E-state index contributed by atoms with van der Waals surface area (Å²) >= 11 is 4.83. The van der Waals surface area contributed by atoms with Crippen molar-refractivity contribution < 1.29 is 18.0 Å². The van der Waals surface area contributed by atoms with Crippen LogP contribution in [0.1, 0.15) is 11.1 Å². The van der Waals surface area contributed by atoms with Gasteiger partial charge in [0.15, 0.2) is 0 Å². The van der Waals surface area contributed by atoms with Crippen LogP contribution in [0.2, 0.25) is 0 Å². The van der Waals surface area contributed by atoms with Crippen LogP contribution < -0.4 is 11.1 Å². The van der Waals surface area contributed by atoms with E-state index >= 15 is 0 Å². The molecule has 3 N–H and O–H groups in total. The van der Waals surface area contributed by atoms with Gasteiger partial charge in [0.1, 0.15) is 11.5 Å². The van der Waals surface area contributed by atoms with Crippen molar-refractivity contribution in [1.29, 1.82) is 0 Å². The minimum atomic E-state index is -4.43. The lowest BCUT2D eigenvalue weighted by Crippen LogP contribution is -2.41. The Bertz CT molecular complexity index is 505. The number of carbonyl (C=O) groups excluding carboxylic acids is 1. The first-order chi connectivity index (χ1) is 9.19. The van der Waals surface area contributed by atoms with Gasteiger partial charge in [-0.1, -0.05) is 30.4 Å². The van der Waals surface area contributed by atoms with Crippen LogP contribution in [0.4, 0.5) is 18.0 Å². The van der Waals surface area contributed by atoms with Crippen LogP contribution in [0.3, 0.4) is 0 Å². The Labute approximate surface area is 119 Å². The van der Waals surface area contributed by atoms with Crippen molar-refractivity contribution in [3.05, 3.63) is 35.4 Å². The molecule has 0 atom stereocenters. The smallest absolute Gasteiger partial charge is 0.389 e. The van der Waals surface area contributed by atoms with Crippen molar-refractivity contribution in [3.8, 4) is 0 Å². The number of hydrogen-bond donors (Lipinski definition) is 2. The van der Waals surface area contributed by atoms with E-state index in [4.69, 9.17) is 18.0 Å². The Balaban J connectivity index is 2.61. The van der Waals surface area contributed by atoms with Gasteiger partial charge >= 0.3 is 12.2 Å². The first-order valence-electron chi connectivity index (χ1n) is 5.63. The van der Waals surface area contributed by atoms with E-state index < -0.39 is 18.8 Å². The Morgan fingerprint density at radius 2 is 2.10 bits per heavy atom. The largest absolute Gasteiger partial charge is 0.405 e. The maximum atomic E-state index is 12.0. The van der Waals surface area contributed by atoms with E-state index in [9.17, 15) is 18.0 Å². The molecule has 0 aliphatic rings. The van der Waals surface area contributed by atoms with Crippen LogP contribution in [0.15, 0.2) is 24.3 Å². The number of rotatable bonds is 4. The number of thiocarbonyl (C=S) groups is 1. The molecular weight excluding hydrogens is 291 g/mol. The summed E-state index contributed by atoms with van der Waals surface area (Å²) in [7, 11) is 1.40. The molecular formula is C12H14F3N3OS. The van der Waals surface area contributed by atoms with Crippen LogP contribution in [0.5, 0.6) is 0 Å². The molecule has 4 nitrogen and oxygen atoms in total. The van der Waals surface area contributed by atoms with Crippen molar-refractivity contribution in [2.24, 2.45) is 5.73 Å². The van der Waals surface area contributed by atoms with E-state index in [2.05, 4.69) is 0 Å². The Kier molecular flexibility index (Phi) is 5.32. The molecule has 0 aliphatic heterocycles. The predicted molar refractivity (Wildman–Crippen MR) is 73.3 cm³/mol. The molecule has 2 amide bonds. The Morgan fingerprint density at radius 3 is 2.65 bits per heavy atom. The maximum absolute atomic E-state index is 12.0. The highest BCUT2D eigenvalue weighted by atomic mass is 32.1. The van der Waals surface area contributed by atoms with Crippen LogP contribution in [-0.2, 0) is 6.54 Å². The number of benzene rings is 1. The van der Waals surface area contributed by atoms with Gasteiger partial charge < -0.3 is 16.0 Å². The number of alkyl halides is 3. The average Bonchev–Trinajstić information content (AvgIpc) is 2.35. The van der Waals surface area contributed by atoms with E-state index in [1.54, 1.807) is 29.6 Å². The Morgan fingerprint density at radius 1 is 1.45 bits per heavy atom. The highest BCUT2D eigenvalue weighted by molar-refractivity contribution is 7.80. The van der Waals surface area contributed by atoms with Crippen molar-refractivity contribution in [1.82, 2.24) is 10.2 Å². The predicted octanol–water partition coefficient (Wildman–Crippen LogP) is 2.02. The number of halogens is 3. The number of urea groups is 1. The van der Waals surface area contributed by atoms with Gasteiger partial charge in [0.25, 0.3) is 0 Å². The molecule has 20 heavy (non-hydrogen) atoms. The second-order valence-electron chi connectivity index (χ2n) is 4.19. The zero-order valence-electron chi connectivity index (χ0n) is 10.7. The molecule has 0 saturated carbocycles. The zero-order valence-corrected chi connectivity index (χ0v) is 11.5. The summed E-state index contributed by atoms with van der Waals surface area (Å²) in [6.45, 7) is -1.21. The fourth-order valence-corrected chi connectivity index (χ4v) is 1.61. The fourth-order valence-electron chi connectivity index (χ4n) is 1.48. The molecule has 0 aromatic heterocycles.